The molecule has 4 heterocycles. The summed E-state index contributed by atoms with van der Waals surface area (Å²) >= 11 is 1.34. The van der Waals surface area contributed by atoms with Crippen molar-refractivity contribution in [3.63, 3.8) is 0 Å². The number of hydrogen-bond acceptors (Lipinski definition) is 8. The molecule has 0 saturated carbocycles. The lowest BCUT2D eigenvalue weighted by molar-refractivity contribution is 0.102. The molecule has 0 unspecified atom stereocenters. The molecule has 2 N–H and O–H groups in total. The van der Waals surface area contributed by atoms with Crippen LogP contribution >= 0.6 is 11.3 Å². The van der Waals surface area contributed by atoms with Crippen LogP contribution in [0.3, 0.4) is 0 Å². The number of rotatable bonds is 6. The van der Waals surface area contributed by atoms with Gasteiger partial charge in [0, 0.05) is 36.1 Å². The summed E-state index contributed by atoms with van der Waals surface area (Å²) in [7, 11) is -3.24. The lowest BCUT2D eigenvalue weighted by Crippen LogP contribution is -2.44. The zero-order chi connectivity index (χ0) is 23.7. The van der Waals surface area contributed by atoms with Crippen LogP contribution in [-0.2, 0) is 10.0 Å². The van der Waals surface area contributed by atoms with Crippen LogP contribution in [0.1, 0.15) is 23.3 Å². The number of hydrogen-bond donors (Lipinski definition) is 2. The maximum atomic E-state index is 13.0. The third-order valence-electron chi connectivity index (χ3n) is 5.59. The number of pyridine rings is 1. The maximum Gasteiger partial charge on any atom is 0.275 e. The van der Waals surface area contributed by atoms with E-state index in [1.807, 2.05) is 24.3 Å². The first-order chi connectivity index (χ1) is 16.4. The van der Waals surface area contributed by atoms with E-state index in [1.54, 1.807) is 34.6 Å². The second-order valence-electron chi connectivity index (χ2n) is 8.11. The van der Waals surface area contributed by atoms with Crippen LogP contribution < -0.4 is 14.9 Å². The number of thiazole rings is 1. The molecule has 1 aromatic carbocycles. The van der Waals surface area contributed by atoms with Gasteiger partial charge in [-0.15, -0.1) is 11.3 Å². The quantitative estimate of drug-likeness (QED) is 0.420. The molecule has 0 bridgehead atoms. The van der Waals surface area contributed by atoms with Gasteiger partial charge in [-0.05, 0) is 31.0 Å². The van der Waals surface area contributed by atoms with Crippen LogP contribution in [0.25, 0.3) is 16.0 Å². The van der Waals surface area contributed by atoms with E-state index in [9.17, 15) is 13.2 Å². The Kier molecular flexibility index (Phi) is 6.02. The molecule has 0 radical (unpaired) electrons. The number of fused-ring (bicyclic) bond motifs is 1. The lowest BCUT2D eigenvalue weighted by Gasteiger charge is -2.33. The van der Waals surface area contributed by atoms with Crippen molar-refractivity contribution in [2.24, 2.45) is 0 Å². The van der Waals surface area contributed by atoms with E-state index in [2.05, 4.69) is 30.0 Å². The van der Waals surface area contributed by atoms with Gasteiger partial charge in [0.05, 0.1) is 23.7 Å². The Morgan fingerprint density at radius 1 is 1.15 bits per heavy atom. The van der Waals surface area contributed by atoms with Crippen molar-refractivity contribution in [1.29, 1.82) is 0 Å². The molecule has 10 nitrogen and oxygen atoms in total. The Balaban J connectivity index is 1.30. The summed E-state index contributed by atoms with van der Waals surface area (Å²) in [6, 6.07) is 11.3. The molecule has 12 heteroatoms. The first-order valence-electron chi connectivity index (χ1n) is 10.7. The van der Waals surface area contributed by atoms with Crippen LogP contribution in [0.2, 0.25) is 0 Å². The van der Waals surface area contributed by atoms with E-state index >= 15 is 0 Å². The van der Waals surface area contributed by atoms with Gasteiger partial charge >= 0.3 is 0 Å². The van der Waals surface area contributed by atoms with Crippen molar-refractivity contribution >= 4 is 49.7 Å². The average Bonchev–Trinajstić information content (AvgIpc) is 3.46. The summed E-state index contributed by atoms with van der Waals surface area (Å²) in [6.07, 6.45) is 5.93. The van der Waals surface area contributed by atoms with E-state index < -0.39 is 10.0 Å². The highest BCUT2D eigenvalue weighted by atomic mass is 32.2. The average molecular weight is 498 g/mol. The Morgan fingerprint density at radius 2 is 1.94 bits per heavy atom. The third-order valence-corrected chi connectivity index (χ3v) is 7.17. The van der Waals surface area contributed by atoms with Crippen molar-refractivity contribution < 1.29 is 13.2 Å². The van der Waals surface area contributed by atoms with E-state index in [-0.39, 0.29) is 11.9 Å². The number of carbonyl (C=O) groups is 1. The number of amides is 1. The first-order valence-corrected chi connectivity index (χ1v) is 13.5. The molecule has 0 spiro atoms. The first kappa shape index (κ1) is 22.4. The minimum Gasteiger partial charge on any atom is -0.355 e. The fraction of sp³-hybridized carbons (Fsp3) is 0.273. The van der Waals surface area contributed by atoms with Crippen LogP contribution in [-0.4, -0.2) is 59.5 Å². The zero-order valence-electron chi connectivity index (χ0n) is 18.4. The predicted octanol–water partition coefficient (Wildman–Crippen LogP) is 2.65. The smallest absolute Gasteiger partial charge is 0.275 e. The second-order valence-corrected chi connectivity index (χ2v) is 10.7. The summed E-state index contributed by atoms with van der Waals surface area (Å²) in [5.74, 6) is 0.323. The Morgan fingerprint density at radius 3 is 2.74 bits per heavy atom. The fourth-order valence-corrected chi connectivity index (χ4v) is 5.65. The standard InChI is InChI=1S/C22H23N7O3S2/c1-34(31,32)27-16-8-11-28(12-9-16)20-17(6-4-10-23-20)25-21(30)18-14-33-22(26-18)29-19-7-3-2-5-15(19)13-24-29/h2-7,10,13-14,16,27H,8-9,11-12H2,1H3,(H,25,30). The molecule has 3 aromatic heterocycles. The molecule has 1 aliphatic rings. The van der Waals surface area contributed by atoms with Gasteiger partial charge in [0.25, 0.3) is 5.91 Å². The maximum absolute atomic E-state index is 13.0. The number of piperidine rings is 1. The van der Waals surface area contributed by atoms with E-state index in [0.717, 1.165) is 10.9 Å². The normalized spacial score (nSPS) is 15.0. The predicted molar refractivity (Wildman–Crippen MR) is 132 cm³/mol. The number of sulfonamides is 1. The van der Waals surface area contributed by atoms with Gasteiger partial charge in [0.2, 0.25) is 15.2 Å². The number of nitrogens with zero attached hydrogens (tertiary/aromatic N) is 5. The van der Waals surface area contributed by atoms with Gasteiger partial charge in [-0.25, -0.2) is 27.8 Å². The molecule has 1 aliphatic heterocycles. The highest BCUT2D eigenvalue weighted by molar-refractivity contribution is 7.88. The lowest BCUT2D eigenvalue weighted by atomic mass is 10.1. The van der Waals surface area contributed by atoms with Gasteiger partial charge in [-0.2, -0.15) is 5.10 Å². The molecule has 0 aliphatic carbocycles. The summed E-state index contributed by atoms with van der Waals surface area (Å²) in [6.45, 7) is 1.25. The fourth-order valence-electron chi connectivity index (χ4n) is 4.03. The number of para-hydroxylation sites is 1. The van der Waals surface area contributed by atoms with Crippen LogP contribution in [0, 0.1) is 0 Å². The van der Waals surface area contributed by atoms with Gasteiger partial charge < -0.3 is 10.2 Å². The summed E-state index contributed by atoms with van der Waals surface area (Å²) < 4.78 is 27.4. The van der Waals surface area contributed by atoms with Crippen molar-refractivity contribution in [2.45, 2.75) is 18.9 Å². The Hall–Kier alpha value is -3.35. The van der Waals surface area contributed by atoms with Crippen molar-refractivity contribution in [2.75, 3.05) is 29.6 Å². The van der Waals surface area contributed by atoms with Crippen molar-refractivity contribution in [1.82, 2.24) is 24.5 Å². The molecule has 0 atom stereocenters. The minimum absolute atomic E-state index is 0.0974. The van der Waals surface area contributed by atoms with Crippen LogP contribution in [0.4, 0.5) is 11.5 Å². The third kappa shape index (κ3) is 4.79. The Bertz CT molecular complexity index is 1440. The molecule has 1 amide bonds. The molecular formula is C22H23N7O3S2. The highest BCUT2D eigenvalue weighted by Gasteiger charge is 2.24. The van der Waals surface area contributed by atoms with E-state index in [0.29, 0.717) is 48.3 Å². The van der Waals surface area contributed by atoms with Gasteiger partial charge in [-0.3, -0.25) is 4.79 Å². The SMILES string of the molecule is CS(=O)(=O)NC1CCN(c2ncccc2NC(=O)c2csc(-n3ncc4ccccc43)n2)CC1. The number of aromatic nitrogens is 4. The number of nitrogens with one attached hydrogen (secondary N) is 2. The number of anilines is 2. The van der Waals surface area contributed by atoms with Gasteiger partial charge in [0.1, 0.15) is 5.69 Å². The molecule has 4 aromatic rings. The molecule has 5 rings (SSSR count). The Labute approximate surface area is 200 Å². The molecule has 1 fully saturated rings. The molecule has 1 saturated heterocycles. The monoisotopic (exact) mass is 497 g/mol. The molecule has 176 valence electrons. The molecular weight excluding hydrogens is 474 g/mol. The van der Waals surface area contributed by atoms with Crippen LogP contribution in [0.5, 0.6) is 0 Å². The summed E-state index contributed by atoms with van der Waals surface area (Å²) in [4.78, 5) is 24.0. The zero-order valence-corrected chi connectivity index (χ0v) is 20.0. The van der Waals surface area contributed by atoms with Gasteiger partial charge in [-0.1, -0.05) is 18.2 Å². The van der Waals surface area contributed by atoms with Crippen molar-refractivity contribution in [3.8, 4) is 5.13 Å². The van der Waals surface area contributed by atoms with E-state index in [4.69, 9.17) is 0 Å². The summed E-state index contributed by atoms with van der Waals surface area (Å²) in [5.41, 5.74) is 1.80. The number of carbonyl (C=O) groups excluding carboxylic acids is 1. The number of benzene rings is 1. The van der Waals surface area contributed by atoms with Crippen molar-refractivity contribution in [3.05, 3.63) is 59.9 Å². The summed E-state index contributed by atoms with van der Waals surface area (Å²) in [5, 5.41) is 10.6. The molecule has 34 heavy (non-hydrogen) atoms. The minimum atomic E-state index is -3.24. The topological polar surface area (TPSA) is 122 Å². The van der Waals surface area contributed by atoms with E-state index in [1.165, 1.54) is 17.6 Å². The highest BCUT2D eigenvalue weighted by Crippen LogP contribution is 2.27. The van der Waals surface area contributed by atoms with Gasteiger partial charge in [0.15, 0.2) is 5.82 Å². The van der Waals surface area contributed by atoms with Crippen LogP contribution in [0.15, 0.2) is 54.2 Å². The largest absolute Gasteiger partial charge is 0.355 e. The second kappa shape index (κ2) is 9.12.